The summed E-state index contributed by atoms with van der Waals surface area (Å²) in [5, 5.41) is 0. The Hall–Kier alpha value is -0.500. The first-order valence-corrected chi connectivity index (χ1v) is 3.40. The molecule has 1 aromatic heterocycles. The Balaban J connectivity index is 3.08. The fourth-order valence-electron chi connectivity index (χ4n) is 0.598. The molecule has 1 heterocycles. The molecule has 0 unspecified atom stereocenters. The van der Waals surface area contributed by atoms with Crippen LogP contribution in [-0.4, -0.2) is 0 Å². The summed E-state index contributed by atoms with van der Waals surface area (Å²) in [4.78, 5) is 0. The average molecular weight is 187 g/mol. The Morgan fingerprint density at radius 1 is 1.78 bits per heavy atom. The number of hydrogen-bond donors (Lipinski definition) is 0. The Morgan fingerprint density at radius 3 is 2.67 bits per heavy atom. The Kier molecular flexibility index (Phi) is 1.76. The van der Waals surface area contributed by atoms with Crippen LogP contribution >= 0.6 is 15.9 Å². The van der Waals surface area contributed by atoms with E-state index in [4.69, 9.17) is 4.42 Å². The fourth-order valence-corrected chi connectivity index (χ4v) is 1.14. The maximum Gasteiger partial charge on any atom is 0.143 e. The van der Waals surface area contributed by atoms with Gasteiger partial charge >= 0.3 is 0 Å². The van der Waals surface area contributed by atoms with Gasteiger partial charge in [-0.25, -0.2) is 0 Å². The van der Waals surface area contributed by atoms with Crippen molar-refractivity contribution in [1.82, 2.24) is 0 Å². The first-order chi connectivity index (χ1) is 4.22. The molecule has 0 aliphatic carbocycles. The van der Waals surface area contributed by atoms with Crippen LogP contribution in [-0.2, 0) is 0 Å². The molecule has 0 aliphatic heterocycles. The molecule has 0 N–H and O–H groups in total. The molecule has 0 saturated heterocycles. The van der Waals surface area contributed by atoms with Crippen molar-refractivity contribution >= 4 is 21.5 Å². The van der Waals surface area contributed by atoms with Crippen molar-refractivity contribution in [2.24, 2.45) is 0 Å². The highest BCUT2D eigenvalue weighted by molar-refractivity contribution is 9.10. The lowest BCUT2D eigenvalue weighted by Gasteiger charge is -1.90. The summed E-state index contributed by atoms with van der Waals surface area (Å²) in [6, 6.07) is 1.85. The highest BCUT2D eigenvalue weighted by atomic mass is 79.9. The van der Waals surface area contributed by atoms with E-state index >= 15 is 0 Å². The largest absolute Gasteiger partial charge is 0.464 e. The van der Waals surface area contributed by atoms with Crippen molar-refractivity contribution in [3.05, 3.63) is 29.1 Å². The van der Waals surface area contributed by atoms with Crippen LogP contribution in [0.5, 0.6) is 0 Å². The second-order valence-corrected chi connectivity index (χ2v) is 2.73. The van der Waals surface area contributed by atoms with Crippen LogP contribution in [0.4, 0.5) is 0 Å². The van der Waals surface area contributed by atoms with E-state index in [1.807, 2.05) is 13.0 Å². The summed E-state index contributed by atoms with van der Waals surface area (Å²) < 4.78 is 6.05. The normalized spacial score (nSPS) is 9.56. The van der Waals surface area contributed by atoms with E-state index in [2.05, 4.69) is 22.5 Å². The van der Waals surface area contributed by atoms with Crippen LogP contribution < -0.4 is 0 Å². The molecule has 48 valence electrons. The van der Waals surface area contributed by atoms with Gasteiger partial charge in [-0.15, -0.1) is 0 Å². The Labute approximate surface area is 62.5 Å². The van der Waals surface area contributed by atoms with Crippen LogP contribution in [0.1, 0.15) is 12.7 Å². The zero-order valence-corrected chi connectivity index (χ0v) is 6.73. The highest BCUT2D eigenvalue weighted by Gasteiger charge is 2.01. The fraction of sp³-hybridized carbons (Fsp3) is 0.143. The molecule has 0 spiro atoms. The molecule has 0 saturated carbocycles. The van der Waals surface area contributed by atoms with Crippen LogP contribution in [0.25, 0.3) is 5.57 Å². The van der Waals surface area contributed by atoms with Crippen molar-refractivity contribution in [3.8, 4) is 0 Å². The summed E-state index contributed by atoms with van der Waals surface area (Å²) >= 11 is 3.31. The molecule has 0 aliphatic rings. The van der Waals surface area contributed by atoms with Gasteiger partial charge in [-0.3, -0.25) is 0 Å². The molecule has 0 atom stereocenters. The molecule has 0 radical (unpaired) electrons. The van der Waals surface area contributed by atoms with E-state index < -0.39 is 0 Å². The molecular formula is C7H7BrO. The molecule has 0 bridgehead atoms. The Bertz CT molecular complexity index is 225. The summed E-state index contributed by atoms with van der Waals surface area (Å²) in [5.74, 6) is 0.829. The molecule has 1 aromatic rings. The molecular weight excluding hydrogens is 180 g/mol. The zero-order valence-electron chi connectivity index (χ0n) is 5.15. The minimum atomic E-state index is 0.829. The molecule has 1 rings (SSSR count). The predicted octanol–water partition coefficient (Wildman–Crippen LogP) is 3.08. The van der Waals surface area contributed by atoms with Crippen LogP contribution in [0.15, 0.2) is 27.8 Å². The van der Waals surface area contributed by atoms with Gasteiger partial charge < -0.3 is 4.42 Å². The third-order valence-electron chi connectivity index (χ3n) is 1.00. The lowest BCUT2D eigenvalue weighted by molar-refractivity contribution is 0.551. The molecule has 0 amide bonds. The number of furan rings is 1. The van der Waals surface area contributed by atoms with Gasteiger partial charge in [-0.1, -0.05) is 6.58 Å². The third-order valence-corrected chi connectivity index (χ3v) is 1.63. The predicted molar refractivity (Wildman–Crippen MR) is 41.1 cm³/mol. The van der Waals surface area contributed by atoms with Gasteiger partial charge in [-0.05, 0) is 34.5 Å². The zero-order chi connectivity index (χ0) is 6.85. The smallest absolute Gasteiger partial charge is 0.143 e. The second-order valence-electron chi connectivity index (χ2n) is 1.88. The van der Waals surface area contributed by atoms with Crippen molar-refractivity contribution < 1.29 is 4.42 Å². The van der Waals surface area contributed by atoms with Gasteiger partial charge in [0.1, 0.15) is 5.76 Å². The standard InChI is InChI=1S/C7H7BrO/c1-5(2)7-6(8)3-4-9-7/h3-4H,1H2,2H3. The van der Waals surface area contributed by atoms with E-state index in [1.165, 1.54) is 0 Å². The lowest BCUT2D eigenvalue weighted by Crippen LogP contribution is -1.69. The average Bonchev–Trinajstić information content (AvgIpc) is 2.13. The van der Waals surface area contributed by atoms with E-state index in [0.29, 0.717) is 0 Å². The summed E-state index contributed by atoms with van der Waals surface area (Å²) in [6.45, 7) is 5.64. The molecule has 0 aromatic carbocycles. The van der Waals surface area contributed by atoms with Gasteiger partial charge in [0.25, 0.3) is 0 Å². The Morgan fingerprint density at radius 2 is 2.44 bits per heavy atom. The molecule has 0 fully saturated rings. The van der Waals surface area contributed by atoms with Crippen molar-refractivity contribution in [1.29, 1.82) is 0 Å². The van der Waals surface area contributed by atoms with Gasteiger partial charge in [0.15, 0.2) is 0 Å². The van der Waals surface area contributed by atoms with Crippen LogP contribution in [0.3, 0.4) is 0 Å². The highest BCUT2D eigenvalue weighted by Crippen LogP contribution is 2.23. The van der Waals surface area contributed by atoms with Gasteiger partial charge in [0.2, 0.25) is 0 Å². The summed E-state index contributed by atoms with van der Waals surface area (Å²) in [7, 11) is 0. The number of rotatable bonds is 1. The van der Waals surface area contributed by atoms with Crippen LogP contribution in [0, 0.1) is 0 Å². The maximum atomic E-state index is 5.08. The number of allylic oxidation sites excluding steroid dienone is 1. The lowest BCUT2D eigenvalue weighted by atomic mass is 10.3. The summed E-state index contributed by atoms with van der Waals surface area (Å²) in [5.41, 5.74) is 0.937. The molecule has 1 nitrogen and oxygen atoms in total. The molecule has 9 heavy (non-hydrogen) atoms. The SMILES string of the molecule is C=C(C)c1occc1Br. The minimum Gasteiger partial charge on any atom is -0.464 e. The number of hydrogen-bond acceptors (Lipinski definition) is 1. The number of halogens is 1. The van der Waals surface area contributed by atoms with Gasteiger partial charge in [-0.2, -0.15) is 0 Å². The topological polar surface area (TPSA) is 13.1 Å². The van der Waals surface area contributed by atoms with E-state index in [1.54, 1.807) is 6.26 Å². The molecule has 2 heteroatoms. The van der Waals surface area contributed by atoms with E-state index in [0.717, 1.165) is 15.8 Å². The third kappa shape index (κ3) is 1.24. The second kappa shape index (κ2) is 2.40. The quantitative estimate of drug-likeness (QED) is 0.658. The van der Waals surface area contributed by atoms with Crippen molar-refractivity contribution in [2.75, 3.05) is 0 Å². The van der Waals surface area contributed by atoms with E-state index in [-0.39, 0.29) is 0 Å². The maximum absolute atomic E-state index is 5.08. The van der Waals surface area contributed by atoms with Gasteiger partial charge in [0.05, 0.1) is 10.7 Å². The van der Waals surface area contributed by atoms with Crippen molar-refractivity contribution in [2.45, 2.75) is 6.92 Å². The first-order valence-electron chi connectivity index (χ1n) is 2.60. The van der Waals surface area contributed by atoms with E-state index in [9.17, 15) is 0 Å². The first kappa shape index (κ1) is 6.62. The summed E-state index contributed by atoms with van der Waals surface area (Å²) in [6.07, 6.45) is 1.63. The monoisotopic (exact) mass is 186 g/mol. The minimum absolute atomic E-state index is 0.829. The van der Waals surface area contributed by atoms with Crippen LogP contribution in [0.2, 0.25) is 0 Å². The van der Waals surface area contributed by atoms with Gasteiger partial charge in [0, 0.05) is 0 Å². The van der Waals surface area contributed by atoms with Crippen molar-refractivity contribution in [3.63, 3.8) is 0 Å².